The van der Waals surface area contributed by atoms with E-state index in [0.717, 1.165) is 12.1 Å². The first-order valence-electron chi connectivity index (χ1n) is 6.37. The summed E-state index contributed by atoms with van der Waals surface area (Å²) in [6.45, 7) is 4.41. The van der Waals surface area contributed by atoms with Crippen molar-refractivity contribution in [3.8, 4) is 0 Å². The van der Waals surface area contributed by atoms with Gasteiger partial charge in [-0.3, -0.25) is 0 Å². The van der Waals surface area contributed by atoms with E-state index < -0.39 is 0 Å². The van der Waals surface area contributed by atoms with Crippen molar-refractivity contribution in [1.82, 2.24) is 9.97 Å². The quantitative estimate of drug-likeness (QED) is 0.830. The van der Waals surface area contributed by atoms with E-state index >= 15 is 0 Å². The van der Waals surface area contributed by atoms with Crippen LogP contribution in [0, 0.1) is 0 Å². The highest BCUT2D eigenvalue weighted by Crippen LogP contribution is 2.17. The molecule has 1 aromatic carbocycles. The molecule has 0 atom stereocenters. The van der Waals surface area contributed by atoms with Gasteiger partial charge in [0.15, 0.2) is 0 Å². The molecule has 4 nitrogen and oxygen atoms in total. The Morgan fingerprint density at radius 2 is 2.21 bits per heavy atom. The first-order chi connectivity index (χ1) is 9.17. The molecule has 0 radical (unpaired) electrons. The van der Waals surface area contributed by atoms with Crippen LogP contribution in [0.3, 0.4) is 0 Å². The second kappa shape index (κ2) is 8.08. The van der Waals surface area contributed by atoms with Crippen molar-refractivity contribution in [1.29, 1.82) is 0 Å². The van der Waals surface area contributed by atoms with Crippen LogP contribution in [-0.4, -0.2) is 23.3 Å². The number of nitrogens with one attached hydrogen (secondary N) is 2. The Hall–Kier alpha value is -2.10. The van der Waals surface area contributed by atoms with Gasteiger partial charge < -0.3 is 15.1 Å². The lowest BCUT2D eigenvalue weighted by atomic mass is 10.0. The zero-order valence-electron chi connectivity index (χ0n) is 11.7. The van der Waals surface area contributed by atoms with Gasteiger partial charge in [-0.2, -0.15) is 0 Å². The van der Waals surface area contributed by atoms with Crippen LogP contribution in [0.25, 0.3) is 0 Å². The van der Waals surface area contributed by atoms with Crippen LogP contribution in [0.2, 0.25) is 0 Å². The third-order valence-electron chi connectivity index (χ3n) is 2.67. The average Bonchev–Trinajstić information content (AvgIpc) is 2.93. The highest BCUT2D eigenvalue weighted by atomic mass is 16.1. The van der Waals surface area contributed by atoms with Crippen molar-refractivity contribution in [3.05, 3.63) is 48.0 Å². The maximum absolute atomic E-state index is 9.81. The minimum atomic E-state index is 0.382. The van der Waals surface area contributed by atoms with Gasteiger partial charge in [0.05, 0.1) is 6.42 Å². The van der Waals surface area contributed by atoms with Crippen molar-refractivity contribution in [2.24, 2.45) is 0 Å². The maximum Gasteiger partial charge on any atom is 0.127 e. The lowest BCUT2D eigenvalue weighted by Gasteiger charge is -2.06. The third-order valence-corrected chi connectivity index (χ3v) is 2.67. The predicted molar refractivity (Wildman–Crippen MR) is 78.4 cm³/mol. The van der Waals surface area contributed by atoms with E-state index in [9.17, 15) is 4.79 Å². The number of benzene rings is 1. The van der Waals surface area contributed by atoms with Gasteiger partial charge in [-0.05, 0) is 23.6 Å². The van der Waals surface area contributed by atoms with Crippen LogP contribution in [0.15, 0.2) is 36.7 Å². The van der Waals surface area contributed by atoms with Gasteiger partial charge in [-0.15, -0.1) is 0 Å². The van der Waals surface area contributed by atoms with Crippen molar-refractivity contribution in [2.75, 3.05) is 12.4 Å². The third kappa shape index (κ3) is 5.38. The molecule has 0 spiro atoms. The topological polar surface area (TPSA) is 57.8 Å². The minimum absolute atomic E-state index is 0.382. The van der Waals surface area contributed by atoms with Crippen LogP contribution in [0.4, 0.5) is 5.69 Å². The SMILES string of the molecule is CNc1cccc(C(C)C)c1.O=CCc1ncc[nH]1. The van der Waals surface area contributed by atoms with Crippen LogP contribution in [0.1, 0.15) is 31.2 Å². The number of hydrogen-bond acceptors (Lipinski definition) is 3. The number of carbonyl (C=O) groups excluding carboxylic acids is 1. The van der Waals surface area contributed by atoms with E-state index in [1.165, 1.54) is 11.3 Å². The number of nitrogens with zero attached hydrogens (tertiary/aromatic N) is 1. The molecule has 0 aliphatic heterocycles. The number of imidazole rings is 1. The molecule has 4 heteroatoms. The molecule has 0 saturated heterocycles. The zero-order valence-corrected chi connectivity index (χ0v) is 11.7. The highest BCUT2D eigenvalue weighted by molar-refractivity contribution is 5.52. The number of H-pyrrole nitrogens is 1. The predicted octanol–water partition coefficient (Wildman–Crippen LogP) is 3.00. The fraction of sp³-hybridized carbons (Fsp3) is 0.333. The van der Waals surface area contributed by atoms with Crippen molar-refractivity contribution < 1.29 is 4.79 Å². The Morgan fingerprint density at radius 3 is 2.74 bits per heavy atom. The maximum atomic E-state index is 9.81. The van der Waals surface area contributed by atoms with Crippen LogP contribution in [-0.2, 0) is 11.2 Å². The lowest BCUT2D eigenvalue weighted by molar-refractivity contribution is -0.107. The van der Waals surface area contributed by atoms with E-state index in [2.05, 4.69) is 53.4 Å². The summed E-state index contributed by atoms with van der Waals surface area (Å²) in [7, 11) is 1.94. The van der Waals surface area contributed by atoms with Gasteiger partial charge in [0.1, 0.15) is 12.1 Å². The van der Waals surface area contributed by atoms with Gasteiger partial charge in [0, 0.05) is 25.1 Å². The van der Waals surface area contributed by atoms with Crippen LogP contribution >= 0.6 is 0 Å². The first kappa shape index (κ1) is 15.0. The number of rotatable bonds is 4. The summed E-state index contributed by atoms with van der Waals surface area (Å²) in [5, 5.41) is 3.12. The number of hydrogen-bond donors (Lipinski definition) is 2. The Labute approximate surface area is 114 Å². The van der Waals surface area contributed by atoms with E-state index in [1.54, 1.807) is 12.4 Å². The molecule has 1 aromatic heterocycles. The normalized spacial score (nSPS) is 9.68. The molecule has 0 fully saturated rings. The Morgan fingerprint density at radius 1 is 1.42 bits per heavy atom. The smallest absolute Gasteiger partial charge is 0.127 e. The van der Waals surface area contributed by atoms with E-state index in [1.807, 2.05) is 7.05 Å². The Bertz CT molecular complexity index is 478. The number of anilines is 1. The molecule has 102 valence electrons. The van der Waals surface area contributed by atoms with Gasteiger partial charge in [-0.25, -0.2) is 4.98 Å². The second-order valence-electron chi connectivity index (χ2n) is 4.44. The zero-order chi connectivity index (χ0) is 14.1. The van der Waals surface area contributed by atoms with Gasteiger partial charge in [0.25, 0.3) is 0 Å². The van der Waals surface area contributed by atoms with Crippen molar-refractivity contribution in [2.45, 2.75) is 26.2 Å². The second-order valence-corrected chi connectivity index (χ2v) is 4.44. The molecule has 0 aliphatic rings. The summed E-state index contributed by atoms with van der Waals surface area (Å²) in [6, 6.07) is 8.50. The van der Waals surface area contributed by atoms with Crippen LogP contribution in [0.5, 0.6) is 0 Å². The largest absolute Gasteiger partial charge is 0.388 e. The fourth-order valence-electron chi connectivity index (χ4n) is 1.54. The molecule has 19 heavy (non-hydrogen) atoms. The van der Waals surface area contributed by atoms with Crippen molar-refractivity contribution >= 4 is 12.0 Å². The summed E-state index contributed by atoms with van der Waals surface area (Å²) in [4.78, 5) is 16.4. The number of aromatic nitrogens is 2. The molecule has 0 saturated carbocycles. The van der Waals surface area contributed by atoms with E-state index in [4.69, 9.17) is 0 Å². The summed E-state index contributed by atoms with van der Waals surface area (Å²) in [6.07, 6.45) is 4.52. The van der Waals surface area contributed by atoms with E-state index in [0.29, 0.717) is 12.3 Å². The standard InChI is InChI=1S/C10H15N.C5H6N2O/c1-8(2)9-5-4-6-10(7-9)11-3;8-4-1-5-6-2-3-7-5/h4-8,11H,1-3H3;2-4H,1H2,(H,6,7). The first-order valence-corrected chi connectivity index (χ1v) is 6.37. The van der Waals surface area contributed by atoms with Gasteiger partial charge in [-0.1, -0.05) is 26.0 Å². The number of carbonyl (C=O) groups is 1. The van der Waals surface area contributed by atoms with Gasteiger partial charge in [0.2, 0.25) is 0 Å². The van der Waals surface area contributed by atoms with Gasteiger partial charge >= 0.3 is 0 Å². The average molecular weight is 259 g/mol. The Kier molecular flexibility index (Phi) is 6.36. The highest BCUT2D eigenvalue weighted by Gasteiger charge is 1.97. The van der Waals surface area contributed by atoms with E-state index in [-0.39, 0.29) is 0 Å². The Balaban J connectivity index is 0.000000200. The molecule has 0 amide bonds. The molecule has 0 aliphatic carbocycles. The minimum Gasteiger partial charge on any atom is -0.388 e. The molecular weight excluding hydrogens is 238 g/mol. The molecule has 2 N–H and O–H groups in total. The fourth-order valence-corrected chi connectivity index (χ4v) is 1.54. The lowest BCUT2D eigenvalue weighted by Crippen LogP contribution is -1.91. The number of aldehydes is 1. The van der Waals surface area contributed by atoms with Crippen LogP contribution < -0.4 is 5.32 Å². The monoisotopic (exact) mass is 259 g/mol. The molecule has 0 unspecified atom stereocenters. The molecule has 2 rings (SSSR count). The number of aromatic amines is 1. The molecule has 1 heterocycles. The molecule has 0 bridgehead atoms. The van der Waals surface area contributed by atoms with Crippen molar-refractivity contribution in [3.63, 3.8) is 0 Å². The molecular formula is C15H21N3O. The summed E-state index contributed by atoms with van der Waals surface area (Å²) in [5.41, 5.74) is 2.58. The summed E-state index contributed by atoms with van der Waals surface area (Å²) in [5.74, 6) is 1.34. The summed E-state index contributed by atoms with van der Waals surface area (Å²) < 4.78 is 0. The molecule has 2 aromatic rings. The summed E-state index contributed by atoms with van der Waals surface area (Å²) >= 11 is 0.